The largest absolute Gasteiger partial charge is 0.473 e. The Morgan fingerprint density at radius 3 is 2.59 bits per heavy atom. The van der Waals surface area contributed by atoms with Crippen molar-refractivity contribution in [3.8, 4) is 0 Å². The first-order valence-corrected chi connectivity index (χ1v) is 4.83. The van der Waals surface area contributed by atoms with Crippen molar-refractivity contribution in [2.24, 2.45) is 0 Å². The maximum absolute atomic E-state index is 12.3. The lowest BCUT2D eigenvalue weighted by atomic mass is 10.2. The molecule has 17 heavy (non-hydrogen) atoms. The van der Waals surface area contributed by atoms with E-state index in [0.717, 1.165) is 0 Å². The number of hydrogen-bond donors (Lipinski definition) is 2. The minimum Gasteiger partial charge on any atom is -0.391 e. The average molecular weight is 274 g/mol. The second-order valence-electron chi connectivity index (χ2n) is 3.15. The Balaban J connectivity index is 3.10. The third kappa shape index (κ3) is 3.30. The van der Waals surface area contributed by atoms with Crippen LogP contribution >= 0.6 is 11.6 Å². The van der Waals surface area contributed by atoms with E-state index < -0.39 is 41.0 Å². The highest BCUT2D eigenvalue weighted by atomic mass is 35.5. The summed E-state index contributed by atoms with van der Waals surface area (Å²) in [5, 5.41) is 19.6. The van der Waals surface area contributed by atoms with E-state index in [0.29, 0.717) is 0 Å². The fourth-order valence-electron chi connectivity index (χ4n) is 1.11. The summed E-state index contributed by atoms with van der Waals surface area (Å²) in [6.45, 7) is 0. The maximum Gasteiger partial charge on any atom is 0.473 e. The van der Waals surface area contributed by atoms with Crippen LogP contribution < -0.4 is 0 Å². The number of hydrogen-bond acceptors (Lipinski definition) is 4. The molecule has 1 aromatic rings. The van der Waals surface area contributed by atoms with E-state index >= 15 is 0 Å². The van der Waals surface area contributed by atoms with Crippen molar-refractivity contribution < 1.29 is 23.2 Å². The Labute approximate surface area is 97.6 Å². The second kappa shape index (κ2) is 4.88. The first-order chi connectivity index (χ1) is 7.75. The molecular formula is C7H7ClF3N3O3. The standard InChI is InChI=1S/C7H7ClF3N3O3/c8-2-3(15)1-4-5(14(16)17)13-6(12-4)7(9,10)11/h3,15H,1-2H2,(H,12,13). The summed E-state index contributed by atoms with van der Waals surface area (Å²) in [5.41, 5.74) is -0.476. The highest BCUT2D eigenvalue weighted by Gasteiger charge is 2.40. The zero-order valence-electron chi connectivity index (χ0n) is 8.16. The first-order valence-electron chi connectivity index (χ1n) is 4.30. The summed E-state index contributed by atoms with van der Waals surface area (Å²) < 4.78 is 36.8. The lowest BCUT2D eigenvalue weighted by Gasteiger charge is -2.02. The van der Waals surface area contributed by atoms with E-state index in [-0.39, 0.29) is 5.88 Å². The minimum absolute atomic E-state index is 0.259. The number of H-pyrrole nitrogens is 1. The van der Waals surface area contributed by atoms with Crippen LogP contribution in [0.3, 0.4) is 0 Å². The molecule has 1 aromatic heterocycles. The number of aliphatic hydroxyl groups is 1. The molecular weight excluding hydrogens is 267 g/mol. The molecule has 0 saturated heterocycles. The predicted molar refractivity (Wildman–Crippen MR) is 50.7 cm³/mol. The van der Waals surface area contributed by atoms with Gasteiger partial charge in [-0.05, 0) is 4.92 Å². The zero-order valence-corrected chi connectivity index (χ0v) is 8.92. The van der Waals surface area contributed by atoms with Crippen LogP contribution in [0.15, 0.2) is 0 Å². The molecule has 6 nitrogen and oxygen atoms in total. The normalized spacial score (nSPS) is 13.7. The molecule has 96 valence electrons. The summed E-state index contributed by atoms with van der Waals surface area (Å²) in [4.78, 5) is 14.1. The molecule has 0 aliphatic rings. The Bertz CT molecular complexity index is 420. The van der Waals surface area contributed by atoms with Gasteiger partial charge < -0.3 is 15.2 Å². The molecule has 0 fully saturated rings. The van der Waals surface area contributed by atoms with Gasteiger partial charge in [0, 0.05) is 12.3 Å². The molecule has 2 N–H and O–H groups in total. The zero-order chi connectivity index (χ0) is 13.2. The molecule has 0 radical (unpaired) electrons. The summed E-state index contributed by atoms with van der Waals surface area (Å²) in [7, 11) is 0. The molecule has 1 heterocycles. The number of nitro groups is 1. The van der Waals surface area contributed by atoms with Gasteiger partial charge in [-0.25, -0.2) is 9.97 Å². The third-order valence-corrected chi connectivity index (χ3v) is 2.17. The third-order valence-electron chi connectivity index (χ3n) is 1.82. The van der Waals surface area contributed by atoms with E-state index in [2.05, 4.69) is 4.98 Å². The van der Waals surface area contributed by atoms with Gasteiger partial charge in [-0.2, -0.15) is 13.2 Å². The molecule has 0 saturated carbocycles. The molecule has 0 bridgehead atoms. The van der Waals surface area contributed by atoms with Crippen LogP contribution in [-0.2, 0) is 12.6 Å². The monoisotopic (exact) mass is 273 g/mol. The summed E-state index contributed by atoms with van der Waals surface area (Å²) in [5.74, 6) is -2.62. The number of aromatic nitrogens is 2. The fourth-order valence-corrected chi connectivity index (χ4v) is 1.21. The van der Waals surface area contributed by atoms with Crippen molar-refractivity contribution in [2.75, 3.05) is 5.88 Å². The molecule has 1 rings (SSSR count). The van der Waals surface area contributed by atoms with Crippen molar-refractivity contribution in [2.45, 2.75) is 18.7 Å². The molecule has 1 atom stereocenters. The SMILES string of the molecule is O=[N+]([O-])c1[nH]c(C(F)(F)F)nc1CC(O)CCl. The van der Waals surface area contributed by atoms with Gasteiger partial charge in [0.15, 0.2) is 0 Å². The molecule has 0 aliphatic heterocycles. The summed E-state index contributed by atoms with van der Waals surface area (Å²) >= 11 is 5.25. The number of nitrogens with one attached hydrogen (secondary N) is 1. The first kappa shape index (κ1) is 13.7. The summed E-state index contributed by atoms with van der Waals surface area (Å²) in [6, 6.07) is 0. The van der Waals surface area contributed by atoms with Crippen molar-refractivity contribution >= 4 is 17.4 Å². The van der Waals surface area contributed by atoms with Gasteiger partial charge in [0.2, 0.25) is 0 Å². The van der Waals surface area contributed by atoms with Crippen molar-refractivity contribution in [3.05, 3.63) is 21.6 Å². The number of imidazole rings is 1. The number of rotatable bonds is 4. The lowest BCUT2D eigenvalue weighted by molar-refractivity contribution is -0.390. The van der Waals surface area contributed by atoms with Gasteiger partial charge in [0.1, 0.15) is 5.69 Å². The topological polar surface area (TPSA) is 92.0 Å². The minimum atomic E-state index is -4.81. The van der Waals surface area contributed by atoms with Gasteiger partial charge in [-0.1, -0.05) is 0 Å². The average Bonchev–Trinajstić information content (AvgIpc) is 2.61. The van der Waals surface area contributed by atoms with Gasteiger partial charge in [0.25, 0.3) is 0 Å². The molecule has 0 aliphatic carbocycles. The van der Waals surface area contributed by atoms with Crippen LogP contribution in [0, 0.1) is 10.1 Å². The van der Waals surface area contributed by atoms with E-state index in [9.17, 15) is 23.3 Å². The second-order valence-corrected chi connectivity index (χ2v) is 3.46. The Kier molecular flexibility index (Phi) is 3.94. The van der Waals surface area contributed by atoms with Crippen LogP contribution in [0.25, 0.3) is 0 Å². The number of alkyl halides is 4. The van der Waals surface area contributed by atoms with Crippen LogP contribution in [0.1, 0.15) is 11.5 Å². The van der Waals surface area contributed by atoms with Crippen LogP contribution in [-0.4, -0.2) is 32.0 Å². The van der Waals surface area contributed by atoms with Gasteiger partial charge in [-0.15, -0.1) is 11.6 Å². The van der Waals surface area contributed by atoms with Crippen molar-refractivity contribution in [3.63, 3.8) is 0 Å². The highest BCUT2D eigenvalue weighted by Crippen LogP contribution is 2.30. The van der Waals surface area contributed by atoms with E-state index in [1.807, 2.05) is 0 Å². The fraction of sp³-hybridized carbons (Fsp3) is 0.571. The molecule has 1 unspecified atom stereocenters. The van der Waals surface area contributed by atoms with E-state index in [1.54, 1.807) is 4.98 Å². The molecule has 0 aromatic carbocycles. The lowest BCUT2D eigenvalue weighted by Crippen LogP contribution is -2.13. The molecule has 0 amide bonds. The number of aliphatic hydroxyl groups excluding tert-OH is 1. The highest BCUT2D eigenvalue weighted by molar-refractivity contribution is 6.18. The molecule has 10 heteroatoms. The van der Waals surface area contributed by atoms with Crippen LogP contribution in [0.4, 0.5) is 19.0 Å². The quantitative estimate of drug-likeness (QED) is 0.494. The molecule has 0 spiro atoms. The van der Waals surface area contributed by atoms with Crippen molar-refractivity contribution in [1.29, 1.82) is 0 Å². The smallest absolute Gasteiger partial charge is 0.391 e. The van der Waals surface area contributed by atoms with E-state index in [1.165, 1.54) is 0 Å². The van der Waals surface area contributed by atoms with Crippen molar-refractivity contribution in [1.82, 2.24) is 9.97 Å². The summed E-state index contributed by atoms with van der Waals surface area (Å²) in [6.07, 6.45) is -6.43. The van der Waals surface area contributed by atoms with E-state index in [4.69, 9.17) is 16.7 Å². The van der Waals surface area contributed by atoms with Crippen LogP contribution in [0.5, 0.6) is 0 Å². The van der Waals surface area contributed by atoms with Gasteiger partial charge in [0.05, 0.1) is 6.10 Å². The number of aromatic amines is 1. The van der Waals surface area contributed by atoms with Gasteiger partial charge >= 0.3 is 17.8 Å². The Morgan fingerprint density at radius 2 is 2.18 bits per heavy atom. The van der Waals surface area contributed by atoms with Gasteiger partial charge in [-0.3, -0.25) is 0 Å². The Hall–Kier alpha value is -1.35. The predicted octanol–water partition coefficient (Wildman–Crippen LogP) is 1.48. The van der Waals surface area contributed by atoms with Crippen LogP contribution in [0.2, 0.25) is 0 Å². The number of nitrogens with zero attached hydrogens (tertiary/aromatic N) is 2. The Morgan fingerprint density at radius 1 is 1.59 bits per heavy atom. The maximum atomic E-state index is 12.3. The number of halogens is 4.